The van der Waals surface area contributed by atoms with E-state index in [0.29, 0.717) is 0 Å². The summed E-state index contributed by atoms with van der Waals surface area (Å²) in [4.78, 5) is 0. The van der Waals surface area contributed by atoms with E-state index in [4.69, 9.17) is 0 Å². The monoisotopic (exact) mass is 395 g/mol. The van der Waals surface area contributed by atoms with E-state index in [0.717, 1.165) is 3.63 Å². The molecule has 1 aliphatic carbocycles. The van der Waals surface area contributed by atoms with Crippen LogP contribution in [0.2, 0.25) is 8.26 Å². The van der Waals surface area contributed by atoms with Gasteiger partial charge in [-0.05, 0) is 0 Å². The first-order valence-corrected chi connectivity index (χ1v) is 14.5. The molecule has 0 N–H and O–H groups in total. The molecule has 0 saturated heterocycles. The molecule has 0 spiro atoms. The van der Waals surface area contributed by atoms with Crippen LogP contribution in [0.25, 0.3) is 17.2 Å². The number of benzene rings is 2. The zero-order chi connectivity index (χ0) is 16.8. The predicted molar refractivity (Wildman–Crippen MR) is 103 cm³/mol. The molecule has 125 valence electrons. The van der Waals surface area contributed by atoms with Gasteiger partial charge in [0, 0.05) is 0 Å². The Balaban J connectivity index is 1.90. The summed E-state index contributed by atoms with van der Waals surface area (Å²) in [6.07, 6.45) is 10.6. The first kappa shape index (κ1) is 17.9. The number of rotatable bonds is 8. The van der Waals surface area contributed by atoms with Crippen molar-refractivity contribution in [2.45, 2.75) is 51.4 Å². The summed E-state index contributed by atoms with van der Waals surface area (Å²) in [6, 6.07) is 17.9. The molecule has 1 aliphatic rings. The van der Waals surface area contributed by atoms with Gasteiger partial charge in [0.15, 0.2) is 0 Å². The molecule has 0 amide bonds. The van der Waals surface area contributed by atoms with Crippen molar-refractivity contribution in [3.63, 3.8) is 0 Å². The topological polar surface area (TPSA) is 0 Å². The van der Waals surface area contributed by atoms with E-state index in [9.17, 15) is 0 Å². The Morgan fingerprint density at radius 2 is 1.54 bits per heavy atom. The molecule has 1 unspecified atom stereocenters. The number of allylic oxidation sites excluding steroid dienone is 1. The Kier molecular flexibility index (Phi) is 6.67. The second-order valence-corrected chi connectivity index (χ2v) is 14.1. The fourth-order valence-corrected chi connectivity index (χ4v) is 12.5. The zero-order valence-electron chi connectivity index (χ0n) is 15.1. The Morgan fingerprint density at radius 1 is 0.833 bits per heavy atom. The number of fused-ring (bicyclic) bond motifs is 1. The fraction of sp³-hybridized carbons (Fsp3) is 0.391. The molecular formula is C23H29Zr. The van der Waals surface area contributed by atoms with Gasteiger partial charge in [0.05, 0.1) is 0 Å². The van der Waals surface area contributed by atoms with Crippen molar-refractivity contribution in [3.05, 3.63) is 65.7 Å². The molecule has 0 saturated carbocycles. The van der Waals surface area contributed by atoms with Gasteiger partial charge in [-0.15, -0.1) is 0 Å². The van der Waals surface area contributed by atoms with Crippen LogP contribution in [-0.4, -0.2) is 0 Å². The minimum atomic E-state index is -1.41. The molecule has 0 aliphatic heterocycles. The van der Waals surface area contributed by atoms with Crippen LogP contribution in [-0.2, 0) is 21.8 Å². The third kappa shape index (κ3) is 4.00. The van der Waals surface area contributed by atoms with Gasteiger partial charge in [0.1, 0.15) is 0 Å². The Morgan fingerprint density at radius 3 is 2.21 bits per heavy atom. The van der Waals surface area contributed by atoms with Gasteiger partial charge in [-0.25, -0.2) is 0 Å². The number of unbranched alkanes of at least 4 members (excludes halogenated alkanes) is 2. The number of hydrogen-bond acceptors (Lipinski definition) is 0. The Labute approximate surface area is 155 Å². The summed E-state index contributed by atoms with van der Waals surface area (Å²) < 4.78 is 3.93. The van der Waals surface area contributed by atoms with E-state index in [1.807, 2.05) is 0 Å². The quantitative estimate of drug-likeness (QED) is 0.434. The van der Waals surface area contributed by atoms with Gasteiger partial charge in [0.2, 0.25) is 0 Å². The first-order valence-electron chi connectivity index (χ1n) is 9.56. The maximum absolute atomic E-state index is 2.57. The Hall–Kier alpha value is -0.937. The van der Waals surface area contributed by atoms with E-state index in [-0.39, 0.29) is 0 Å². The second-order valence-electron chi connectivity index (χ2n) is 6.88. The van der Waals surface area contributed by atoms with Crippen LogP contribution >= 0.6 is 0 Å². The third-order valence-corrected chi connectivity index (χ3v) is 13.5. The summed E-state index contributed by atoms with van der Waals surface area (Å²) in [5.74, 6) is 0. The van der Waals surface area contributed by atoms with Crippen molar-refractivity contribution in [1.29, 1.82) is 0 Å². The van der Waals surface area contributed by atoms with E-state index in [1.54, 1.807) is 13.8 Å². The predicted octanol–water partition coefficient (Wildman–Crippen LogP) is 7.48. The molecule has 0 bridgehead atoms. The van der Waals surface area contributed by atoms with Gasteiger partial charge in [0.25, 0.3) is 0 Å². The van der Waals surface area contributed by atoms with Gasteiger partial charge in [-0.2, -0.15) is 0 Å². The molecule has 0 nitrogen and oxygen atoms in total. The summed E-state index contributed by atoms with van der Waals surface area (Å²) in [5.41, 5.74) is 5.91. The van der Waals surface area contributed by atoms with E-state index in [1.165, 1.54) is 42.4 Å². The van der Waals surface area contributed by atoms with Crippen LogP contribution in [0.3, 0.4) is 0 Å². The van der Waals surface area contributed by atoms with Crippen LogP contribution in [0.4, 0.5) is 0 Å². The average molecular weight is 397 g/mol. The molecule has 0 heterocycles. The zero-order valence-corrected chi connectivity index (χ0v) is 17.6. The molecule has 0 radical (unpaired) electrons. The van der Waals surface area contributed by atoms with Gasteiger partial charge >= 0.3 is 156 Å². The number of hydrogen-bond donors (Lipinski definition) is 0. The van der Waals surface area contributed by atoms with E-state index in [2.05, 4.69) is 74.5 Å². The van der Waals surface area contributed by atoms with Crippen molar-refractivity contribution in [3.8, 4) is 11.1 Å². The summed E-state index contributed by atoms with van der Waals surface area (Å²) >= 11 is -1.41. The first-order chi connectivity index (χ1) is 11.8. The van der Waals surface area contributed by atoms with Crippen molar-refractivity contribution in [2.75, 3.05) is 0 Å². The second kappa shape index (κ2) is 8.95. The molecule has 0 fully saturated rings. The molecule has 0 aromatic heterocycles. The standard InChI is InChI=1S/C15H11.2C4H9.Zr/c1-2-6-12(7-3-1)14-10-4-8-13-9-5-11-15(13)14;2*1-3-4-2;/h1-11H;2*1,3-4H2,2H3;. The van der Waals surface area contributed by atoms with Crippen LogP contribution in [0.15, 0.2) is 54.6 Å². The molecule has 24 heavy (non-hydrogen) atoms. The van der Waals surface area contributed by atoms with Crippen LogP contribution < -0.4 is 0 Å². The molecule has 1 heteroatoms. The van der Waals surface area contributed by atoms with E-state index < -0.39 is 21.8 Å². The average Bonchev–Trinajstić information content (AvgIpc) is 3.07. The SMILES string of the molecule is CCC[CH2][Zr]([CH2]CCC)[CH]1C=Cc2c(-c3ccccc3)cccc21. The summed E-state index contributed by atoms with van der Waals surface area (Å²) in [6.45, 7) is 4.68. The summed E-state index contributed by atoms with van der Waals surface area (Å²) in [5, 5.41) is 0. The molecule has 2 aromatic carbocycles. The maximum atomic E-state index is 2.57. The molecule has 1 atom stereocenters. The summed E-state index contributed by atoms with van der Waals surface area (Å²) in [7, 11) is 0. The van der Waals surface area contributed by atoms with Crippen molar-refractivity contribution in [1.82, 2.24) is 0 Å². The van der Waals surface area contributed by atoms with Crippen LogP contribution in [0.5, 0.6) is 0 Å². The van der Waals surface area contributed by atoms with E-state index >= 15 is 0 Å². The van der Waals surface area contributed by atoms with Gasteiger partial charge < -0.3 is 0 Å². The van der Waals surface area contributed by atoms with Crippen molar-refractivity contribution >= 4 is 6.08 Å². The third-order valence-electron chi connectivity index (χ3n) is 5.16. The molecule has 3 rings (SSSR count). The van der Waals surface area contributed by atoms with Gasteiger partial charge in [-0.1, -0.05) is 0 Å². The Bertz CT molecular complexity index is 664. The van der Waals surface area contributed by atoms with Gasteiger partial charge in [-0.3, -0.25) is 0 Å². The van der Waals surface area contributed by atoms with Crippen molar-refractivity contribution in [2.24, 2.45) is 0 Å². The normalized spacial score (nSPS) is 15.5. The van der Waals surface area contributed by atoms with Crippen LogP contribution in [0, 0.1) is 0 Å². The molecular weight excluding hydrogens is 367 g/mol. The molecule has 2 aromatic rings. The van der Waals surface area contributed by atoms with Crippen molar-refractivity contribution < 1.29 is 21.8 Å². The van der Waals surface area contributed by atoms with Crippen LogP contribution in [0.1, 0.15) is 54.3 Å². The fourth-order valence-electron chi connectivity index (χ4n) is 3.81. The minimum absolute atomic E-state index is 0.809.